The van der Waals surface area contributed by atoms with Crippen molar-refractivity contribution in [3.63, 3.8) is 0 Å². The molecule has 0 aliphatic carbocycles. The van der Waals surface area contributed by atoms with Gasteiger partial charge in [0.2, 0.25) is 0 Å². The predicted molar refractivity (Wildman–Crippen MR) is 99.6 cm³/mol. The van der Waals surface area contributed by atoms with Gasteiger partial charge in [-0.2, -0.15) is 4.98 Å². The molecule has 0 saturated heterocycles. The van der Waals surface area contributed by atoms with E-state index in [-0.39, 0.29) is 5.02 Å². The van der Waals surface area contributed by atoms with Gasteiger partial charge in [-0.3, -0.25) is 0 Å². The van der Waals surface area contributed by atoms with Gasteiger partial charge in [-0.15, -0.1) is 0 Å². The molecule has 0 spiro atoms. The predicted octanol–water partition coefficient (Wildman–Crippen LogP) is 5.37. The molecule has 0 aliphatic rings. The highest BCUT2D eigenvalue weighted by molar-refractivity contribution is 7.22. The smallest absolute Gasteiger partial charge is 0.189 e. The second kappa shape index (κ2) is 6.62. The third kappa shape index (κ3) is 3.38. The Balaban J connectivity index is 1.66. The first-order chi connectivity index (χ1) is 12.2. The van der Waals surface area contributed by atoms with Crippen molar-refractivity contribution in [2.24, 2.45) is 0 Å². The van der Waals surface area contributed by atoms with Crippen LogP contribution >= 0.6 is 22.9 Å². The third-order valence-corrected chi connectivity index (χ3v) is 4.65. The molecular formula is C17H11ClFN5S. The van der Waals surface area contributed by atoms with Crippen LogP contribution in [0.4, 0.5) is 26.7 Å². The quantitative estimate of drug-likeness (QED) is 0.505. The Morgan fingerprint density at radius 2 is 1.80 bits per heavy atom. The van der Waals surface area contributed by atoms with Gasteiger partial charge in [0.25, 0.3) is 0 Å². The van der Waals surface area contributed by atoms with E-state index in [0.717, 1.165) is 10.4 Å². The van der Waals surface area contributed by atoms with Crippen LogP contribution in [0.1, 0.15) is 0 Å². The van der Waals surface area contributed by atoms with Crippen LogP contribution in [-0.2, 0) is 0 Å². The molecule has 0 amide bonds. The summed E-state index contributed by atoms with van der Waals surface area (Å²) in [7, 11) is 0. The molecule has 2 aromatic carbocycles. The zero-order valence-corrected chi connectivity index (χ0v) is 14.3. The minimum absolute atomic E-state index is 0.0473. The van der Waals surface area contributed by atoms with Crippen LogP contribution in [0.5, 0.6) is 0 Å². The molecule has 8 heteroatoms. The maximum Gasteiger partial charge on any atom is 0.189 e. The van der Waals surface area contributed by atoms with Crippen molar-refractivity contribution < 1.29 is 4.39 Å². The summed E-state index contributed by atoms with van der Waals surface area (Å²) < 4.78 is 14.1. The second-order valence-corrected chi connectivity index (χ2v) is 6.55. The van der Waals surface area contributed by atoms with Crippen molar-refractivity contribution in [3.8, 4) is 0 Å². The Bertz CT molecular complexity index is 1040. The summed E-state index contributed by atoms with van der Waals surface area (Å²) in [5.41, 5.74) is 2.15. The lowest BCUT2D eigenvalue weighted by molar-refractivity contribution is 0.628. The van der Waals surface area contributed by atoms with E-state index in [0.29, 0.717) is 22.3 Å². The number of hydrogen-bond acceptors (Lipinski definition) is 6. The average molecular weight is 372 g/mol. The molecule has 4 rings (SSSR count). The molecule has 0 saturated carbocycles. The maximum absolute atomic E-state index is 13.3. The Morgan fingerprint density at radius 1 is 0.960 bits per heavy atom. The fourth-order valence-corrected chi connectivity index (χ4v) is 3.32. The number of thiazole rings is 1. The second-order valence-electron chi connectivity index (χ2n) is 5.14. The number of halogens is 2. The minimum atomic E-state index is -0.466. The van der Waals surface area contributed by atoms with Gasteiger partial charge in [-0.25, -0.2) is 14.4 Å². The first kappa shape index (κ1) is 15.7. The van der Waals surface area contributed by atoms with Gasteiger partial charge in [-0.1, -0.05) is 41.1 Å². The number of aromatic nitrogens is 3. The fraction of sp³-hybridized carbons (Fsp3) is 0. The summed E-state index contributed by atoms with van der Waals surface area (Å²) >= 11 is 7.25. The molecule has 4 aromatic rings. The van der Waals surface area contributed by atoms with Gasteiger partial charge in [-0.05, 0) is 30.3 Å². The van der Waals surface area contributed by atoms with Crippen LogP contribution in [0, 0.1) is 5.82 Å². The molecular weight excluding hydrogens is 361 g/mol. The van der Waals surface area contributed by atoms with Crippen LogP contribution in [0.2, 0.25) is 5.02 Å². The van der Waals surface area contributed by atoms with E-state index >= 15 is 0 Å². The molecule has 0 atom stereocenters. The molecule has 0 fully saturated rings. The van der Waals surface area contributed by atoms with Gasteiger partial charge < -0.3 is 10.6 Å². The van der Waals surface area contributed by atoms with Crippen LogP contribution in [0.3, 0.4) is 0 Å². The highest BCUT2D eigenvalue weighted by Gasteiger charge is 2.11. The molecule has 0 aliphatic heterocycles. The van der Waals surface area contributed by atoms with Crippen LogP contribution in [0.15, 0.2) is 54.9 Å². The lowest BCUT2D eigenvalue weighted by Gasteiger charge is -2.06. The number of nitrogens with one attached hydrogen (secondary N) is 2. The van der Waals surface area contributed by atoms with Crippen molar-refractivity contribution in [1.82, 2.24) is 15.0 Å². The minimum Gasteiger partial charge on any atom is -0.339 e. The number of rotatable bonds is 4. The molecule has 2 N–H and O–H groups in total. The average Bonchev–Trinajstić information content (AvgIpc) is 3.02. The maximum atomic E-state index is 13.3. The van der Waals surface area contributed by atoms with E-state index in [4.69, 9.17) is 11.6 Å². The number of fused-ring (bicyclic) bond motifs is 1. The molecule has 2 heterocycles. The first-order valence-corrected chi connectivity index (χ1v) is 8.54. The number of hydrogen-bond donors (Lipinski definition) is 2. The summed E-state index contributed by atoms with van der Waals surface area (Å²) in [5, 5.41) is 7.13. The monoisotopic (exact) mass is 371 g/mol. The molecule has 0 radical (unpaired) electrons. The molecule has 2 aromatic heterocycles. The Kier molecular flexibility index (Phi) is 4.17. The van der Waals surface area contributed by atoms with Gasteiger partial charge in [0.15, 0.2) is 16.6 Å². The standard InChI is InChI=1S/C17H11ClFN5S/c18-12-8-11(6-7-13(12)19)22-15-14-16(21-9-20-15)24-17(25-14)23-10-4-2-1-3-5-10/h1-9H,(H2,20,21,22,23,24). The number of para-hydroxylation sites is 1. The lowest BCUT2D eigenvalue weighted by atomic mass is 10.3. The molecule has 25 heavy (non-hydrogen) atoms. The number of benzene rings is 2. The van der Waals surface area contributed by atoms with E-state index in [1.165, 1.54) is 29.8 Å². The number of nitrogens with zero attached hydrogens (tertiary/aromatic N) is 3. The first-order valence-electron chi connectivity index (χ1n) is 7.35. The van der Waals surface area contributed by atoms with Crippen molar-refractivity contribution in [1.29, 1.82) is 0 Å². The Labute approximate surface area is 151 Å². The van der Waals surface area contributed by atoms with E-state index < -0.39 is 5.82 Å². The van der Waals surface area contributed by atoms with Crippen LogP contribution < -0.4 is 10.6 Å². The summed E-state index contributed by atoms with van der Waals surface area (Å²) in [6, 6.07) is 14.2. The van der Waals surface area contributed by atoms with Gasteiger partial charge in [0.1, 0.15) is 16.8 Å². The summed E-state index contributed by atoms with van der Waals surface area (Å²) in [4.78, 5) is 12.9. The van der Waals surface area contributed by atoms with Gasteiger partial charge >= 0.3 is 0 Å². The molecule has 124 valence electrons. The van der Waals surface area contributed by atoms with E-state index in [9.17, 15) is 4.39 Å². The molecule has 5 nitrogen and oxygen atoms in total. The fourth-order valence-electron chi connectivity index (χ4n) is 2.25. The van der Waals surface area contributed by atoms with Crippen molar-refractivity contribution in [2.75, 3.05) is 10.6 Å². The van der Waals surface area contributed by atoms with Crippen molar-refractivity contribution in [3.05, 3.63) is 65.7 Å². The lowest BCUT2D eigenvalue weighted by Crippen LogP contribution is -1.95. The van der Waals surface area contributed by atoms with Gasteiger partial charge in [0, 0.05) is 11.4 Å². The van der Waals surface area contributed by atoms with Crippen LogP contribution in [-0.4, -0.2) is 15.0 Å². The van der Waals surface area contributed by atoms with Gasteiger partial charge in [0.05, 0.1) is 5.02 Å². The topological polar surface area (TPSA) is 62.7 Å². The third-order valence-electron chi connectivity index (χ3n) is 3.40. The Hall–Kier alpha value is -2.77. The van der Waals surface area contributed by atoms with Crippen LogP contribution in [0.25, 0.3) is 10.3 Å². The molecule has 0 unspecified atom stereocenters. The van der Waals surface area contributed by atoms with E-state index in [1.807, 2.05) is 30.3 Å². The summed E-state index contributed by atoms with van der Waals surface area (Å²) in [6.07, 6.45) is 1.43. The SMILES string of the molecule is Fc1ccc(Nc2ncnc3nc(Nc4ccccc4)sc23)cc1Cl. The summed E-state index contributed by atoms with van der Waals surface area (Å²) in [5.74, 6) is 0.124. The normalized spacial score (nSPS) is 10.8. The van der Waals surface area contributed by atoms with E-state index in [1.54, 1.807) is 6.07 Å². The van der Waals surface area contributed by atoms with E-state index in [2.05, 4.69) is 25.6 Å². The highest BCUT2D eigenvalue weighted by atomic mass is 35.5. The molecule has 0 bridgehead atoms. The Morgan fingerprint density at radius 3 is 2.60 bits per heavy atom. The zero-order chi connectivity index (χ0) is 17.2. The summed E-state index contributed by atoms with van der Waals surface area (Å²) in [6.45, 7) is 0. The highest BCUT2D eigenvalue weighted by Crippen LogP contribution is 2.33. The number of anilines is 4. The van der Waals surface area contributed by atoms with Crippen molar-refractivity contribution >= 4 is 55.6 Å². The zero-order valence-electron chi connectivity index (χ0n) is 12.7. The largest absolute Gasteiger partial charge is 0.339 e. The van der Waals surface area contributed by atoms with Crippen molar-refractivity contribution in [2.45, 2.75) is 0 Å².